The Morgan fingerprint density at radius 3 is 2.09 bits per heavy atom. The maximum atomic E-state index is 5.75. The zero-order chi connectivity index (χ0) is 14.7. The summed E-state index contributed by atoms with van der Waals surface area (Å²) in [4.78, 5) is 4.78. The highest BCUT2D eigenvalue weighted by atomic mass is 35.5. The van der Waals surface area contributed by atoms with Gasteiger partial charge in [0.1, 0.15) is 5.75 Å². The molecule has 2 N–H and O–H groups in total. The van der Waals surface area contributed by atoms with Crippen LogP contribution in [0.3, 0.4) is 0 Å². The quantitative estimate of drug-likeness (QED) is 0.883. The molecule has 0 radical (unpaired) electrons. The number of nitrogen functional groups attached to an aromatic ring is 1. The van der Waals surface area contributed by atoms with Crippen LogP contribution in [-0.2, 0) is 0 Å². The smallest absolute Gasteiger partial charge is 0.142 e. The number of piperazine rings is 1. The van der Waals surface area contributed by atoms with Crippen molar-refractivity contribution < 1.29 is 4.74 Å². The van der Waals surface area contributed by atoms with Crippen LogP contribution in [0.2, 0.25) is 0 Å². The van der Waals surface area contributed by atoms with Crippen LogP contribution in [-0.4, -0.2) is 33.3 Å². The average Bonchev–Trinajstić information content (AvgIpc) is 2.56. The van der Waals surface area contributed by atoms with Gasteiger partial charge in [0.2, 0.25) is 0 Å². The Balaban J connectivity index is 0.00000176. The van der Waals surface area contributed by atoms with E-state index in [4.69, 9.17) is 10.5 Å². The third kappa shape index (κ3) is 3.39. The minimum atomic E-state index is 0. The van der Waals surface area contributed by atoms with Crippen molar-refractivity contribution in [3.63, 3.8) is 0 Å². The molecule has 1 aliphatic heterocycles. The SMILES string of the molecule is COc1ccccc1N1CCN(c2ccc(N)cc2)CC1.Cl. The fourth-order valence-corrected chi connectivity index (χ4v) is 2.78. The van der Waals surface area contributed by atoms with Gasteiger partial charge in [0.05, 0.1) is 12.8 Å². The maximum absolute atomic E-state index is 5.75. The number of nitrogens with zero attached hydrogens (tertiary/aromatic N) is 2. The lowest BCUT2D eigenvalue weighted by Gasteiger charge is -2.37. The molecule has 2 aromatic rings. The van der Waals surface area contributed by atoms with Crippen LogP contribution in [0.4, 0.5) is 17.1 Å². The lowest BCUT2D eigenvalue weighted by Crippen LogP contribution is -2.46. The van der Waals surface area contributed by atoms with Crippen LogP contribution < -0.4 is 20.3 Å². The van der Waals surface area contributed by atoms with E-state index in [0.29, 0.717) is 0 Å². The van der Waals surface area contributed by atoms with Gasteiger partial charge in [0.15, 0.2) is 0 Å². The van der Waals surface area contributed by atoms with E-state index in [0.717, 1.165) is 37.6 Å². The standard InChI is InChI=1S/C17H21N3O.ClH/c1-21-17-5-3-2-4-16(17)20-12-10-19(11-13-20)15-8-6-14(18)7-9-15;/h2-9H,10-13,18H2,1H3;1H. The van der Waals surface area contributed by atoms with E-state index < -0.39 is 0 Å². The molecule has 1 aliphatic rings. The van der Waals surface area contributed by atoms with Crippen molar-refractivity contribution in [1.82, 2.24) is 0 Å². The van der Waals surface area contributed by atoms with Crippen molar-refractivity contribution in [2.45, 2.75) is 0 Å². The van der Waals surface area contributed by atoms with Gasteiger partial charge in [-0.25, -0.2) is 0 Å². The molecular formula is C17H22ClN3O. The first-order valence-corrected chi connectivity index (χ1v) is 7.26. The van der Waals surface area contributed by atoms with Gasteiger partial charge in [-0.15, -0.1) is 12.4 Å². The van der Waals surface area contributed by atoms with Crippen LogP contribution >= 0.6 is 12.4 Å². The van der Waals surface area contributed by atoms with Gasteiger partial charge in [-0.2, -0.15) is 0 Å². The molecule has 0 amide bonds. The normalized spacial score (nSPS) is 14.4. The van der Waals surface area contributed by atoms with E-state index in [2.05, 4.69) is 34.1 Å². The summed E-state index contributed by atoms with van der Waals surface area (Å²) in [5.74, 6) is 0.943. The molecule has 22 heavy (non-hydrogen) atoms. The third-order valence-corrected chi connectivity index (χ3v) is 3.96. The molecule has 0 atom stereocenters. The predicted molar refractivity (Wildman–Crippen MR) is 95.5 cm³/mol. The molecule has 5 heteroatoms. The number of ether oxygens (including phenoxy) is 1. The first-order valence-electron chi connectivity index (χ1n) is 7.26. The van der Waals surface area contributed by atoms with Crippen LogP contribution in [0, 0.1) is 0 Å². The van der Waals surface area contributed by atoms with Gasteiger partial charge < -0.3 is 20.3 Å². The molecule has 1 fully saturated rings. The van der Waals surface area contributed by atoms with Gasteiger partial charge >= 0.3 is 0 Å². The summed E-state index contributed by atoms with van der Waals surface area (Å²) in [6.45, 7) is 3.99. The van der Waals surface area contributed by atoms with Gasteiger partial charge in [-0.3, -0.25) is 0 Å². The molecule has 0 aliphatic carbocycles. The van der Waals surface area contributed by atoms with E-state index in [9.17, 15) is 0 Å². The van der Waals surface area contributed by atoms with Crippen LogP contribution in [0.25, 0.3) is 0 Å². The molecule has 0 saturated carbocycles. The minimum Gasteiger partial charge on any atom is -0.495 e. The average molecular weight is 320 g/mol. The highest BCUT2D eigenvalue weighted by Crippen LogP contribution is 2.29. The van der Waals surface area contributed by atoms with Crippen molar-refractivity contribution in [2.24, 2.45) is 0 Å². The molecule has 0 bridgehead atoms. The summed E-state index contributed by atoms with van der Waals surface area (Å²) in [7, 11) is 1.73. The molecule has 0 aromatic heterocycles. The Bertz CT molecular complexity index is 595. The monoisotopic (exact) mass is 319 g/mol. The second-order valence-electron chi connectivity index (χ2n) is 5.24. The fourth-order valence-electron chi connectivity index (χ4n) is 2.78. The highest BCUT2D eigenvalue weighted by molar-refractivity contribution is 5.85. The van der Waals surface area contributed by atoms with E-state index in [-0.39, 0.29) is 12.4 Å². The number of halogens is 1. The number of rotatable bonds is 3. The number of hydrogen-bond acceptors (Lipinski definition) is 4. The molecule has 4 nitrogen and oxygen atoms in total. The number of anilines is 3. The van der Waals surface area contributed by atoms with Gasteiger partial charge in [0.25, 0.3) is 0 Å². The summed E-state index contributed by atoms with van der Waals surface area (Å²) >= 11 is 0. The summed E-state index contributed by atoms with van der Waals surface area (Å²) in [6, 6.07) is 16.3. The Morgan fingerprint density at radius 2 is 1.45 bits per heavy atom. The Hall–Kier alpha value is -2.07. The largest absolute Gasteiger partial charge is 0.495 e. The molecule has 1 saturated heterocycles. The van der Waals surface area contributed by atoms with E-state index >= 15 is 0 Å². The molecule has 3 rings (SSSR count). The number of methoxy groups -OCH3 is 1. The second kappa shape index (κ2) is 7.27. The highest BCUT2D eigenvalue weighted by Gasteiger charge is 2.19. The number of benzene rings is 2. The van der Waals surface area contributed by atoms with Crippen molar-refractivity contribution >= 4 is 29.5 Å². The van der Waals surface area contributed by atoms with Gasteiger partial charge in [-0.05, 0) is 36.4 Å². The molecule has 1 heterocycles. The summed E-state index contributed by atoms with van der Waals surface area (Å²) in [5.41, 5.74) is 8.97. The molecule has 2 aromatic carbocycles. The number of para-hydroxylation sites is 2. The maximum Gasteiger partial charge on any atom is 0.142 e. The van der Waals surface area contributed by atoms with Gasteiger partial charge in [0, 0.05) is 37.6 Å². The van der Waals surface area contributed by atoms with Crippen LogP contribution in [0.15, 0.2) is 48.5 Å². The van der Waals surface area contributed by atoms with Crippen LogP contribution in [0.1, 0.15) is 0 Å². The van der Waals surface area contributed by atoms with Crippen molar-refractivity contribution in [2.75, 3.05) is 48.8 Å². The predicted octanol–water partition coefficient (Wildman–Crippen LogP) is 3.03. The number of nitrogens with two attached hydrogens (primary N) is 1. The van der Waals surface area contributed by atoms with Gasteiger partial charge in [-0.1, -0.05) is 12.1 Å². The molecular weight excluding hydrogens is 298 g/mol. The zero-order valence-corrected chi connectivity index (χ0v) is 13.6. The molecule has 0 unspecified atom stereocenters. The third-order valence-electron chi connectivity index (χ3n) is 3.96. The minimum absolute atomic E-state index is 0. The first-order chi connectivity index (χ1) is 10.3. The lowest BCUT2D eigenvalue weighted by molar-refractivity contribution is 0.413. The van der Waals surface area contributed by atoms with E-state index in [1.54, 1.807) is 7.11 Å². The second-order valence-corrected chi connectivity index (χ2v) is 5.24. The van der Waals surface area contributed by atoms with Crippen molar-refractivity contribution in [1.29, 1.82) is 0 Å². The van der Waals surface area contributed by atoms with E-state index in [1.807, 2.05) is 24.3 Å². The Labute approximate surface area is 137 Å². The molecule has 0 spiro atoms. The summed E-state index contributed by atoms with van der Waals surface area (Å²) in [5, 5.41) is 0. The Kier molecular flexibility index (Phi) is 5.39. The first kappa shape index (κ1) is 16.3. The number of hydrogen-bond donors (Lipinski definition) is 1. The van der Waals surface area contributed by atoms with Crippen molar-refractivity contribution in [3.8, 4) is 5.75 Å². The van der Waals surface area contributed by atoms with E-state index in [1.165, 1.54) is 11.4 Å². The fraction of sp³-hybridized carbons (Fsp3) is 0.294. The molecule has 118 valence electrons. The zero-order valence-electron chi connectivity index (χ0n) is 12.7. The summed E-state index contributed by atoms with van der Waals surface area (Å²) < 4.78 is 5.45. The van der Waals surface area contributed by atoms with Crippen LogP contribution in [0.5, 0.6) is 5.75 Å². The topological polar surface area (TPSA) is 41.7 Å². The van der Waals surface area contributed by atoms with Crippen molar-refractivity contribution in [3.05, 3.63) is 48.5 Å². The Morgan fingerprint density at radius 1 is 0.864 bits per heavy atom. The lowest BCUT2D eigenvalue weighted by atomic mass is 10.2. The summed E-state index contributed by atoms with van der Waals surface area (Å²) in [6.07, 6.45) is 0.